The molecule has 2 heterocycles. The summed E-state index contributed by atoms with van der Waals surface area (Å²) >= 11 is 0. The van der Waals surface area contributed by atoms with Crippen LogP contribution in [0.4, 0.5) is 0 Å². The average molecular weight is 962 g/mol. The van der Waals surface area contributed by atoms with Gasteiger partial charge in [-0.1, -0.05) is 181 Å². The summed E-state index contributed by atoms with van der Waals surface area (Å²) in [4.78, 5) is 61.5. The lowest BCUT2D eigenvalue weighted by molar-refractivity contribution is -0.312. The van der Waals surface area contributed by atoms with Gasteiger partial charge in [-0.25, -0.2) is 0 Å². The standard InChI is InChI=1S/C58H108N2O8/c1-13-15-17-19-21-25-31-37-49(39-33-27-23-29-35-41-52(63)64)50(38-32-26-22-20-18-16-14-2)40-34-28-24-30-36-42-53(65)66-58(45-56(9,10)60(68-48(4)62)57(11,12)46-58)51-43-54(5,6)59(67-47(3)61)55(7,8)44-51/h49-51H,13-46H2,1-12H3,(H,63,64). The molecular formula is C58H108N2O8. The quantitative estimate of drug-likeness (QED) is 0.0476. The second kappa shape index (κ2) is 31.3. The summed E-state index contributed by atoms with van der Waals surface area (Å²) in [6.07, 6.45) is 38.1. The third-order valence-corrected chi connectivity index (χ3v) is 15.6. The highest BCUT2D eigenvalue weighted by atomic mass is 16.7. The first-order valence-corrected chi connectivity index (χ1v) is 28.4. The molecule has 0 aliphatic carbocycles. The van der Waals surface area contributed by atoms with Crippen molar-refractivity contribution in [1.29, 1.82) is 0 Å². The van der Waals surface area contributed by atoms with E-state index >= 15 is 0 Å². The molecule has 2 saturated heterocycles. The molecule has 2 unspecified atom stereocenters. The van der Waals surface area contributed by atoms with Crippen molar-refractivity contribution < 1.29 is 38.7 Å². The molecule has 0 amide bonds. The minimum atomic E-state index is -0.811. The summed E-state index contributed by atoms with van der Waals surface area (Å²) in [6, 6.07) is 0. The normalized spacial score (nSPS) is 19.8. The minimum Gasteiger partial charge on any atom is -0.481 e. The number of carbonyl (C=O) groups excluding carboxylic acids is 3. The second-order valence-corrected chi connectivity index (χ2v) is 24.3. The van der Waals surface area contributed by atoms with Crippen molar-refractivity contribution in [3.63, 3.8) is 0 Å². The maximum atomic E-state index is 14.2. The number of hydroxylamine groups is 4. The lowest BCUT2D eigenvalue weighted by Gasteiger charge is -2.62. The molecule has 0 saturated carbocycles. The summed E-state index contributed by atoms with van der Waals surface area (Å²) in [5, 5.41) is 12.7. The van der Waals surface area contributed by atoms with Gasteiger partial charge in [0.15, 0.2) is 0 Å². The number of carbonyl (C=O) groups is 4. The van der Waals surface area contributed by atoms with Gasteiger partial charge in [-0.15, -0.1) is 10.1 Å². The highest BCUT2D eigenvalue weighted by Crippen LogP contribution is 2.55. The van der Waals surface area contributed by atoms with Crippen LogP contribution in [0.5, 0.6) is 0 Å². The SMILES string of the molecule is CCCCCCCCCC(CCCCCCCC(=O)O)C(CCCCCCCCC)CCCCCCCC(=O)OC1(C2CC(C)(C)N(OC(C)=O)C(C)(C)C2)CC(C)(C)N(OC(C)=O)C(C)(C)C1. The molecule has 0 aromatic carbocycles. The van der Waals surface area contributed by atoms with Crippen LogP contribution < -0.4 is 0 Å². The summed E-state index contributed by atoms with van der Waals surface area (Å²) in [7, 11) is 0. The molecule has 2 atom stereocenters. The molecule has 2 fully saturated rings. The lowest BCUT2D eigenvalue weighted by atomic mass is 9.60. The number of rotatable bonds is 37. The highest BCUT2D eigenvalue weighted by Gasteiger charge is 2.62. The second-order valence-electron chi connectivity index (χ2n) is 24.3. The van der Waals surface area contributed by atoms with Crippen LogP contribution in [0.2, 0.25) is 0 Å². The van der Waals surface area contributed by atoms with E-state index in [1.54, 1.807) is 0 Å². The van der Waals surface area contributed by atoms with Crippen molar-refractivity contribution >= 4 is 23.9 Å². The van der Waals surface area contributed by atoms with Crippen molar-refractivity contribution in [3.05, 3.63) is 0 Å². The Morgan fingerprint density at radius 3 is 1.12 bits per heavy atom. The number of nitrogens with zero attached hydrogens (tertiary/aromatic N) is 2. The van der Waals surface area contributed by atoms with Gasteiger partial charge < -0.3 is 19.5 Å². The van der Waals surface area contributed by atoms with E-state index < -0.39 is 33.7 Å². The van der Waals surface area contributed by atoms with Gasteiger partial charge in [0.1, 0.15) is 5.60 Å². The first-order valence-electron chi connectivity index (χ1n) is 28.4. The van der Waals surface area contributed by atoms with Crippen LogP contribution in [-0.2, 0) is 33.6 Å². The van der Waals surface area contributed by atoms with Crippen molar-refractivity contribution in [1.82, 2.24) is 10.1 Å². The number of piperidine rings is 2. The van der Waals surface area contributed by atoms with Crippen LogP contribution in [-0.4, -0.2) is 66.9 Å². The monoisotopic (exact) mass is 961 g/mol. The molecule has 0 radical (unpaired) electrons. The number of hydrogen-bond acceptors (Lipinski definition) is 9. The molecule has 1 N–H and O–H groups in total. The Morgan fingerprint density at radius 1 is 0.471 bits per heavy atom. The van der Waals surface area contributed by atoms with Crippen molar-refractivity contribution in [3.8, 4) is 0 Å². The summed E-state index contributed by atoms with van der Waals surface area (Å²) < 4.78 is 6.88. The Kier molecular flexibility index (Phi) is 28.5. The third-order valence-electron chi connectivity index (χ3n) is 15.6. The van der Waals surface area contributed by atoms with Crippen LogP contribution >= 0.6 is 0 Å². The van der Waals surface area contributed by atoms with Crippen molar-refractivity contribution in [2.24, 2.45) is 17.8 Å². The molecule has 10 nitrogen and oxygen atoms in total. The smallest absolute Gasteiger partial charge is 0.322 e. The predicted molar refractivity (Wildman–Crippen MR) is 279 cm³/mol. The molecule has 0 aromatic heterocycles. The Hall–Kier alpha value is -2.20. The number of ether oxygens (including phenoxy) is 1. The topological polar surface area (TPSA) is 123 Å². The Morgan fingerprint density at radius 2 is 0.779 bits per heavy atom. The van der Waals surface area contributed by atoms with E-state index in [-0.39, 0.29) is 23.8 Å². The molecule has 398 valence electrons. The third kappa shape index (κ3) is 22.9. The zero-order valence-corrected chi connectivity index (χ0v) is 46.5. The number of esters is 1. The number of carboxylic acid groups (broad SMARTS) is 1. The number of carboxylic acids is 1. The number of aliphatic carboxylic acids is 1. The van der Waals surface area contributed by atoms with Gasteiger partial charge >= 0.3 is 23.9 Å². The number of unbranched alkanes of at least 4 members (excludes halogenated alkanes) is 20. The van der Waals surface area contributed by atoms with Gasteiger partial charge in [-0.05, 0) is 92.9 Å². The summed E-state index contributed by atoms with van der Waals surface area (Å²) in [5.41, 5.74) is -3.06. The van der Waals surface area contributed by atoms with Gasteiger partial charge in [-0.2, -0.15) is 0 Å². The van der Waals surface area contributed by atoms with E-state index in [1.807, 2.05) is 10.1 Å². The van der Waals surface area contributed by atoms with Crippen LogP contribution in [0.15, 0.2) is 0 Å². The minimum absolute atomic E-state index is 0.0197. The van der Waals surface area contributed by atoms with Gasteiger partial charge in [0.05, 0.1) is 22.2 Å². The first kappa shape index (κ1) is 61.9. The number of hydrogen-bond donors (Lipinski definition) is 1. The molecule has 0 spiro atoms. The molecular weight excluding hydrogens is 853 g/mol. The van der Waals surface area contributed by atoms with E-state index in [4.69, 9.17) is 19.5 Å². The lowest BCUT2D eigenvalue weighted by Crippen LogP contribution is -2.71. The Balaban J connectivity index is 2.13. The predicted octanol–water partition coefficient (Wildman–Crippen LogP) is 16.2. The summed E-state index contributed by atoms with van der Waals surface area (Å²) in [5.74, 6) is 0.00725. The Labute approximate surface area is 418 Å². The van der Waals surface area contributed by atoms with E-state index in [2.05, 4.69) is 69.2 Å². The fraction of sp³-hybridized carbons (Fsp3) is 0.931. The van der Waals surface area contributed by atoms with E-state index in [1.165, 1.54) is 155 Å². The van der Waals surface area contributed by atoms with E-state index in [9.17, 15) is 19.2 Å². The fourth-order valence-electron chi connectivity index (χ4n) is 13.0. The van der Waals surface area contributed by atoms with Crippen molar-refractivity contribution in [2.75, 3.05) is 0 Å². The highest BCUT2D eigenvalue weighted by molar-refractivity contribution is 5.70. The molecule has 0 bridgehead atoms. The molecule has 68 heavy (non-hydrogen) atoms. The van der Waals surface area contributed by atoms with Gasteiger partial charge in [0.25, 0.3) is 0 Å². The van der Waals surface area contributed by atoms with Crippen LogP contribution in [0.3, 0.4) is 0 Å². The zero-order chi connectivity index (χ0) is 50.9. The fourth-order valence-corrected chi connectivity index (χ4v) is 13.0. The Bertz CT molecular complexity index is 1400. The largest absolute Gasteiger partial charge is 0.481 e. The molecule has 10 heteroatoms. The molecule has 0 aromatic rings. The van der Waals surface area contributed by atoms with Crippen molar-refractivity contribution in [2.45, 2.75) is 329 Å². The van der Waals surface area contributed by atoms with Crippen LogP contribution in [0, 0.1) is 17.8 Å². The van der Waals surface area contributed by atoms with Crippen LogP contribution in [0.25, 0.3) is 0 Å². The summed E-state index contributed by atoms with van der Waals surface area (Å²) in [6.45, 7) is 24.2. The molecule has 2 aliphatic rings. The van der Waals surface area contributed by atoms with Gasteiger partial charge in [0.2, 0.25) is 0 Å². The first-order chi connectivity index (χ1) is 32.0. The van der Waals surface area contributed by atoms with Gasteiger partial charge in [0, 0.05) is 45.4 Å². The van der Waals surface area contributed by atoms with Crippen LogP contribution in [0.1, 0.15) is 301 Å². The van der Waals surface area contributed by atoms with E-state index in [0.29, 0.717) is 38.5 Å². The average Bonchev–Trinajstić information content (AvgIpc) is 3.22. The molecule has 2 rings (SSSR count). The van der Waals surface area contributed by atoms with Gasteiger partial charge in [-0.3, -0.25) is 19.2 Å². The molecule has 2 aliphatic heterocycles. The maximum Gasteiger partial charge on any atom is 0.322 e. The maximum absolute atomic E-state index is 14.2. The van der Waals surface area contributed by atoms with E-state index in [0.717, 1.165) is 50.4 Å². The zero-order valence-electron chi connectivity index (χ0n) is 46.5.